The van der Waals surface area contributed by atoms with E-state index in [0.717, 1.165) is 23.8 Å². The van der Waals surface area contributed by atoms with E-state index in [9.17, 15) is 14.4 Å². The predicted molar refractivity (Wildman–Crippen MR) is 110 cm³/mol. The van der Waals surface area contributed by atoms with Crippen LogP contribution in [0, 0.1) is 5.92 Å². The van der Waals surface area contributed by atoms with Gasteiger partial charge in [0.1, 0.15) is 6.54 Å². The third kappa shape index (κ3) is 3.62. The number of aryl methyl sites for hydroxylation is 2. The molecule has 2 aromatic heterocycles. The van der Waals surface area contributed by atoms with Gasteiger partial charge in [-0.1, -0.05) is 30.3 Å². The Bertz CT molecular complexity index is 1150. The second kappa shape index (κ2) is 7.69. The molecule has 1 amide bonds. The van der Waals surface area contributed by atoms with Crippen LogP contribution in [0.2, 0.25) is 0 Å². The lowest BCUT2D eigenvalue weighted by Gasteiger charge is -2.32. The second-order valence-electron chi connectivity index (χ2n) is 7.77. The van der Waals surface area contributed by atoms with Crippen molar-refractivity contribution in [1.29, 1.82) is 0 Å². The summed E-state index contributed by atoms with van der Waals surface area (Å²) >= 11 is 0. The summed E-state index contributed by atoms with van der Waals surface area (Å²) in [5.41, 5.74) is 0.968. The first kappa shape index (κ1) is 19.2. The van der Waals surface area contributed by atoms with Crippen LogP contribution in [-0.2, 0) is 31.9 Å². The van der Waals surface area contributed by atoms with E-state index in [1.807, 2.05) is 18.2 Å². The Morgan fingerprint density at radius 1 is 1.10 bits per heavy atom. The highest BCUT2D eigenvalue weighted by Gasteiger charge is 2.25. The number of carbonyl (C=O) groups is 1. The number of imidazole rings is 1. The summed E-state index contributed by atoms with van der Waals surface area (Å²) in [7, 11) is 3.26. The summed E-state index contributed by atoms with van der Waals surface area (Å²) < 4.78 is 3.91. The maximum absolute atomic E-state index is 12.8. The topological polar surface area (TPSA) is 82.1 Å². The Kier molecular flexibility index (Phi) is 5.08. The van der Waals surface area contributed by atoms with E-state index in [4.69, 9.17) is 0 Å². The van der Waals surface area contributed by atoms with Crippen LogP contribution in [0.4, 0.5) is 0 Å². The van der Waals surface area contributed by atoms with Crippen molar-refractivity contribution in [3.8, 4) is 0 Å². The zero-order chi connectivity index (χ0) is 20.5. The van der Waals surface area contributed by atoms with Gasteiger partial charge in [0.05, 0.1) is 6.33 Å². The Morgan fingerprint density at radius 3 is 2.48 bits per heavy atom. The molecule has 1 aliphatic rings. The highest BCUT2D eigenvalue weighted by molar-refractivity contribution is 5.77. The number of benzene rings is 1. The lowest BCUT2D eigenvalue weighted by molar-refractivity contribution is -0.133. The van der Waals surface area contributed by atoms with Crippen LogP contribution in [0.3, 0.4) is 0 Å². The quantitative estimate of drug-likeness (QED) is 0.658. The number of piperidine rings is 1. The van der Waals surface area contributed by atoms with E-state index in [2.05, 4.69) is 17.1 Å². The lowest BCUT2D eigenvalue weighted by atomic mass is 9.90. The monoisotopic (exact) mass is 395 g/mol. The lowest BCUT2D eigenvalue weighted by Crippen LogP contribution is -2.46. The molecule has 1 saturated heterocycles. The number of rotatable bonds is 4. The molecule has 8 heteroatoms. The van der Waals surface area contributed by atoms with Crippen LogP contribution in [-0.4, -0.2) is 42.6 Å². The molecule has 0 aliphatic carbocycles. The summed E-state index contributed by atoms with van der Waals surface area (Å²) in [6, 6.07) is 10.4. The van der Waals surface area contributed by atoms with E-state index >= 15 is 0 Å². The molecule has 1 fully saturated rings. The van der Waals surface area contributed by atoms with Crippen LogP contribution in [0.1, 0.15) is 18.4 Å². The van der Waals surface area contributed by atoms with E-state index < -0.39 is 11.2 Å². The Hall–Kier alpha value is -3.16. The first-order valence-electron chi connectivity index (χ1n) is 9.88. The van der Waals surface area contributed by atoms with E-state index in [-0.39, 0.29) is 12.5 Å². The van der Waals surface area contributed by atoms with Gasteiger partial charge in [-0.05, 0) is 30.7 Å². The van der Waals surface area contributed by atoms with Crippen LogP contribution in [0.25, 0.3) is 11.2 Å². The third-order valence-electron chi connectivity index (χ3n) is 5.83. The predicted octanol–water partition coefficient (Wildman–Crippen LogP) is 0.915. The number of hydrogen-bond acceptors (Lipinski definition) is 4. The molecule has 152 valence electrons. The molecule has 0 radical (unpaired) electrons. The summed E-state index contributed by atoms with van der Waals surface area (Å²) in [5, 5.41) is 0. The van der Waals surface area contributed by atoms with Gasteiger partial charge in [0.15, 0.2) is 11.2 Å². The molecule has 1 aromatic carbocycles. The molecule has 0 atom stereocenters. The Morgan fingerprint density at radius 2 is 1.79 bits per heavy atom. The molecule has 1 aliphatic heterocycles. The third-order valence-corrected chi connectivity index (χ3v) is 5.83. The van der Waals surface area contributed by atoms with Gasteiger partial charge in [-0.15, -0.1) is 0 Å². The fourth-order valence-electron chi connectivity index (χ4n) is 4.10. The zero-order valence-electron chi connectivity index (χ0n) is 16.7. The maximum Gasteiger partial charge on any atom is 0.332 e. The fourth-order valence-corrected chi connectivity index (χ4v) is 4.10. The standard InChI is InChI=1S/C21H25N5O3/c1-23-14-22-19-18(23)20(28)26(21(29)24(19)2)13-17(27)25-10-8-16(9-11-25)12-15-6-4-3-5-7-15/h3-7,14,16H,8-13H2,1-2H3. The van der Waals surface area contributed by atoms with Crippen molar-refractivity contribution in [2.75, 3.05) is 13.1 Å². The minimum atomic E-state index is -0.520. The van der Waals surface area contributed by atoms with Gasteiger partial charge in [0.2, 0.25) is 5.91 Å². The van der Waals surface area contributed by atoms with E-state index in [1.165, 1.54) is 16.5 Å². The van der Waals surface area contributed by atoms with Gasteiger partial charge in [0.25, 0.3) is 5.56 Å². The smallest absolute Gasteiger partial charge is 0.332 e. The largest absolute Gasteiger partial charge is 0.341 e. The van der Waals surface area contributed by atoms with Crippen molar-refractivity contribution in [3.05, 3.63) is 63.1 Å². The molecule has 0 saturated carbocycles. The average Bonchev–Trinajstić information content (AvgIpc) is 3.12. The van der Waals surface area contributed by atoms with E-state index in [1.54, 1.807) is 23.6 Å². The summed E-state index contributed by atoms with van der Waals surface area (Å²) in [4.78, 5) is 44.0. The summed E-state index contributed by atoms with van der Waals surface area (Å²) in [5.74, 6) is 0.353. The average molecular weight is 395 g/mol. The number of fused-ring (bicyclic) bond motifs is 1. The number of likely N-dealkylation sites (tertiary alicyclic amines) is 1. The van der Waals surface area contributed by atoms with Crippen molar-refractivity contribution in [3.63, 3.8) is 0 Å². The SMILES string of the molecule is Cn1cnc2c1c(=O)n(CC(=O)N1CCC(Cc3ccccc3)CC1)c(=O)n2C. The highest BCUT2D eigenvalue weighted by atomic mass is 16.2. The molecule has 0 spiro atoms. The molecule has 4 rings (SSSR count). The minimum Gasteiger partial charge on any atom is -0.341 e. The minimum absolute atomic E-state index is 0.191. The van der Waals surface area contributed by atoms with Gasteiger partial charge in [-0.3, -0.25) is 14.2 Å². The van der Waals surface area contributed by atoms with Gasteiger partial charge in [-0.2, -0.15) is 0 Å². The van der Waals surface area contributed by atoms with Crippen molar-refractivity contribution < 1.29 is 4.79 Å². The van der Waals surface area contributed by atoms with Crippen LogP contribution >= 0.6 is 0 Å². The number of nitrogens with zero attached hydrogens (tertiary/aromatic N) is 5. The molecular weight excluding hydrogens is 370 g/mol. The molecule has 0 bridgehead atoms. The van der Waals surface area contributed by atoms with Gasteiger partial charge >= 0.3 is 5.69 Å². The van der Waals surface area contributed by atoms with E-state index in [0.29, 0.717) is 30.2 Å². The normalized spacial score (nSPS) is 15.2. The number of carbonyl (C=O) groups excluding carboxylic acids is 1. The van der Waals surface area contributed by atoms with Gasteiger partial charge in [-0.25, -0.2) is 14.3 Å². The Balaban J connectivity index is 1.46. The van der Waals surface area contributed by atoms with Crippen molar-refractivity contribution >= 4 is 17.1 Å². The maximum atomic E-state index is 12.8. The number of hydrogen-bond donors (Lipinski definition) is 0. The van der Waals surface area contributed by atoms with Crippen molar-refractivity contribution in [1.82, 2.24) is 23.6 Å². The first-order chi connectivity index (χ1) is 14.0. The molecule has 3 aromatic rings. The molecule has 0 unspecified atom stereocenters. The van der Waals surface area contributed by atoms with Crippen molar-refractivity contribution in [2.45, 2.75) is 25.8 Å². The molecule has 3 heterocycles. The number of amides is 1. The van der Waals surface area contributed by atoms with Crippen LogP contribution < -0.4 is 11.2 Å². The summed E-state index contributed by atoms with van der Waals surface area (Å²) in [6.45, 7) is 1.06. The van der Waals surface area contributed by atoms with Crippen molar-refractivity contribution in [2.24, 2.45) is 20.0 Å². The fraction of sp³-hybridized carbons (Fsp3) is 0.429. The van der Waals surface area contributed by atoms with Gasteiger partial charge < -0.3 is 9.47 Å². The molecule has 29 heavy (non-hydrogen) atoms. The number of aromatic nitrogens is 4. The highest BCUT2D eigenvalue weighted by Crippen LogP contribution is 2.21. The molecular formula is C21H25N5O3. The Labute approximate surface area is 168 Å². The van der Waals surface area contributed by atoms with Crippen LogP contribution in [0.5, 0.6) is 0 Å². The molecule has 0 N–H and O–H groups in total. The first-order valence-corrected chi connectivity index (χ1v) is 9.88. The van der Waals surface area contributed by atoms with Gasteiger partial charge in [0, 0.05) is 27.2 Å². The zero-order valence-corrected chi connectivity index (χ0v) is 16.7. The van der Waals surface area contributed by atoms with Crippen LogP contribution in [0.15, 0.2) is 46.2 Å². The molecule has 8 nitrogen and oxygen atoms in total. The second-order valence-corrected chi connectivity index (χ2v) is 7.77. The summed E-state index contributed by atoms with van der Waals surface area (Å²) in [6.07, 6.45) is 4.36.